The number of hydrogen-bond acceptors (Lipinski definition) is 3. The Morgan fingerprint density at radius 3 is 2.78 bits per heavy atom. The molecule has 1 atom stereocenters. The third-order valence-corrected chi connectivity index (χ3v) is 3.36. The second-order valence-corrected chi connectivity index (χ2v) is 6.00. The van der Waals surface area contributed by atoms with Gasteiger partial charge in [-0.3, -0.25) is 0 Å². The van der Waals surface area contributed by atoms with E-state index in [-0.39, 0.29) is 23.9 Å². The molecular formula is C13H20BrFN2O. The number of nitrogens with two attached hydrogens (primary N) is 1. The van der Waals surface area contributed by atoms with E-state index in [1.54, 1.807) is 12.1 Å². The normalized spacial score (nSPS) is 13.7. The minimum absolute atomic E-state index is 0.0569. The molecule has 0 bridgehead atoms. The number of nitrogens with one attached hydrogen (secondary N) is 1. The first-order valence-corrected chi connectivity index (χ1v) is 6.69. The standard InChI is InChI=1S/C13H20BrFN2O/c1-13(2,8-17-6-10(16)7-18)11-5-9(14)3-4-12(11)15/h3-5,10,17-18H,6-8,16H2,1-2H3. The molecule has 0 radical (unpaired) electrons. The zero-order valence-electron chi connectivity index (χ0n) is 10.7. The third-order valence-electron chi connectivity index (χ3n) is 2.87. The molecule has 0 fully saturated rings. The van der Waals surface area contributed by atoms with Crippen LogP contribution in [-0.4, -0.2) is 30.8 Å². The summed E-state index contributed by atoms with van der Waals surface area (Å²) in [5.41, 5.74) is 5.91. The minimum Gasteiger partial charge on any atom is -0.395 e. The van der Waals surface area contributed by atoms with Gasteiger partial charge in [0.1, 0.15) is 5.82 Å². The van der Waals surface area contributed by atoms with Gasteiger partial charge in [0, 0.05) is 29.0 Å². The molecule has 0 saturated carbocycles. The largest absolute Gasteiger partial charge is 0.395 e. The van der Waals surface area contributed by atoms with Crippen LogP contribution >= 0.6 is 15.9 Å². The van der Waals surface area contributed by atoms with Gasteiger partial charge >= 0.3 is 0 Å². The maximum Gasteiger partial charge on any atom is 0.127 e. The van der Waals surface area contributed by atoms with Gasteiger partial charge in [0.15, 0.2) is 0 Å². The van der Waals surface area contributed by atoms with Gasteiger partial charge in [-0.15, -0.1) is 0 Å². The lowest BCUT2D eigenvalue weighted by molar-refractivity contribution is 0.260. The van der Waals surface area contributed by atoms with Crippen LogP contribution in [0.5, 0.6) is 0 Å². The summed E-state index contributed by atoms with van der Waals surface area (Å²) in [4.78, 5) is 0. The molecule has 0 amide bonds. The van der Waals surface area contributed by atoms with Crippen LogP contribution in [0.3, 0.4) is 0 Å². The van der Waals surface area contributed by atoms with Gasteiger partial charge in [-0.25, -0.2) is 4.39 Å². The highest BCUT2D eigenvalue weighted by atomic mass is 79.9. The highest BCUT2D eigenvalue weighted by Gasteiger charge is 2.24. The summed E-state index contributed by atoms with van der Waals surface area (Å²) in [6.45, 7) is 4.98. The van der Waals surface area contributed by atoms with Crippen molar-refractivity contribution < 1.29 is 9.50 Å². The van der Waals surface area contributed by atoms with E-state index in [2.05, 4.69) is 21.2 Å². The van der Waals surface area contributed by atoms with Crippen molar-refractivity contribution in [2.75, 3.05) is 19.7 Å². The van der Waals surface area contributed by atoms with Crippen molar-refractivity contribution in [3.63, 3.8) is 0 Å². The second-order valence-electron chi connectivity index (χ2n) is 5.08. The highest BCUT2D eigenvalue weighted by molar-refractivity contribution is 9.10. The second kappa shape index (κ2) is 6.61. The monoisotopic (exact) mass is 318 g/mol. The zero-order chi connectivity index (χ0) is 13.8. The Bertz CT molecular complexity index is 399. The van der Waals surface area contributed by atoms with E-state index in [9.17, 15) is 4.39 Å². The smallest absolute Gasteiger partial charge is 0.127 e. The summed E-state index contributed by atoms with van der Waals surface area (Å²) in [6, 6.07) is 4.65. The zero-order valence-corrected chi connectivity index (χ0v) is 12.3. The van der Waals surface area contributed by atoms with Crippen molar-refractivity contribution in [2.24, 2.45) is 5.73 Å². The molecule has 1 aromatic carbocycles. The van der Waals surface area contributed by atoms with Crippen LogP contribution in [0, 0.1) is 5.82 Å². The number of aliphatic hydroxyl groups excluding tert-OH is 1. The summed E-state index contributed by atoms with van der Waals surface area (Å²) in [6.07, 6.45) is 0. The summed E-state index contributed by atoms with van der Waals surface area (Å²) < 4.78 is 14.7. The molecular weight excluding hydrogens is 299 g/mol. The van der Waals surface area contributed by atoms with E-state index in [4.69, 9.17) is 10.8 Å². The van der Waals surface area contributed by atoms with Crippen LogP contribution in [0.2, 0.25) is 0 Å². The molecule has 18 heavy (non-hydrogen) atoms. The Hall–Kier alpha value is -0.490. The summed E-state index contributed by atoms with van der Waals surface area (Å²) in [7, 11) is 0. The summed E-state index contributed by atoms with van der Waals surface area (Å²) in [5, 5.41) is 12.0. The Balaban J connectivity index is 2.70. The number of rotatable bonds is 6. The van der Waals surface area contributed by atoms with Crippen molar-refractivity contribution in [2.45, 2.75) is 25.3 Å². The summed E-state index contributed by atoms with van der Waals surface area (Å²) in [5.74, 6) is -0.212. The van der Waals surface area contributed by atoms with E-state index in [0.29, 0.717) is 18.7 Å². The van der Waals surface area contributed by atoms with Gasteiger partial charge in [-0.2, -0.15) is 0 Å². The lowest BCUT2D eigenvalue weighted by atomic mass is 9.84. The van der Waals surface area contributed by atoms with Crippen LogP contribution in [0.25, 0.3) is 0 Å². The molecule has 4 N–H and O–H groups in total. The van der Waals surface area contributed by atoms with Crippen molar-refractivity contribution in [3.8, 4) is 0 Å². The van der Waals surface area contributed by atoms with Gasteiger partial charge in [0.05, 0.1) is 6.61 Å². The molecule has 0 heterocycles. The van der Waals surface area contributed by atoms with E-state index in [1.807, 2.05) is 13.8 Å². The van der Waals surface area contributed by atoms with Crippen molar-refractivity contribution >= 4 is 15.9 Å². The first-order valence-electron chi connectivity index (χ1n) is 5.89. The van der Waals surface area contributed by atoms with Crippen LogP contribution in [0.1, 0.15) is 19.4 Å². The average Bonchev–Trinajstić information content (AvgIpc) is 2.31. The molecule has 3 nitrogen and oxygen atoms in total. The van der Waals surface area contributed by atoms with Gasteiger partial charge in [-0.1, -0.05) is 29.8 Å². The molecule has 0 aromatic heterocycles. The number of hydrogen-bond donors (Lipinski definition) is 3. The highest BCUT2D eigenvalue weighted by Crippen LogP contribution is 2.27. The fourth-order valence-corrected chi connectivity index (χ4v) is 2.11. The third kappa shape index (κ3) is 4.31. The summed E-state index contributed by atoms with van der Waals surface area (Å²) >= 11 is 3.35. The molecule has 5 heteroatoms. The first kappa shape index (κ1) is 15.6. The number of benzene rings is 1. The van der Waals surface area contributed by atoms with Crippen molar-refractivity contribution in [3.05, 3.63) is 34.1 Å². The molecule has 0 aliphatic heterocycles. The van der Waals surface area contributed by atoms with Gasteiger partial charge < -0.3 is 16.2 Å². The predicted molar refractivity (Wildman–Crippen MR) is 75.1 cm³/mol. The number of aliphatic hydroxyl groups is 1. The molecule has 0 aliphatic rings. The van der Waals surface area contributed by atoms with Gasteiger partial charge in [-0.05, 0) is 23.8 Å². The SMILES string of the molecule is CC(C)(CNCC(N)CO)c1cc(Br)ccc1F. The molecule has 1 rings (SSSR count). The minimum atomic E-state index is -0.344. The topological polar surface area (TPSA) is 58.3 Å². The Kier molecular flexibility index (Phi) is 5.72. The van der Waals surface area contributed by atoms with Crippen LogP contribution in [0.15, 0.2) is 22.7 Å². The Morgan fingerprint density at radius 2 is 2.17 bits per heavy atom. The molecule has 102 valence electrons. The van der Waals surface area contributed by atoms with Crippen molar-refractivity contribution in [1.82, 2.24) is 5.32 Å². The van der Waals surface area contributed by atoms with E-state index in [1.165, 1.54) is 6.07 Å². The molecule has 0 saturated heterocycles. The van der Waals surface area contributed by atoms with E-state index < -0.39 is 0 Å². The van der Waals surface area contributed by atoms with Crippen LogP contribution in [0.4, 0.5) is 4.39 Å². The van der Waals surface area contributed by atoms with Gasteiger partial charge in [0.25, 0.3) is 0 Å². The van der Waals surface area contributed by atoms with Crippen LogP contribution in [-0.2, 0) is 5.41 Å². The van der Waals surface area contributed by atoms with E-state index >= 15 is 0 Å². The van der Waals surface area contributed by atoms with Crippen LogP contribution < -0.4 is 11.1 Å². The molecule has 1 aromatic rings. The van der Waals surface area contributed by atoms with Crippen molar-refractivity contribution in [1.29, 1.82) is 0 Å². The molecule has 0 aliphatic carbocycles. The lowest BCUT2D eigenvalue weighted by Crippen LogP contribution is -2.42. The molecule has 1 unspecified atom stereocenters. The Morgan fingerprint density at radius 1 is 1.50 bits per heavy atom. The predicted octanol–water partition coefficient (Wildman–Crippen LogP) is 1.78. The fourth-order valence-electron chi connectivity index (χ4n) is 1.75. The van der Waals surface area contributed by atoms with E-state index in [0.717, 1.165) is 4.47 Å². The lowest BCUT2D eigenvalue weighted by Gasteiger charge is -2.27. The maximum absolute atomic E-state index is 13.8. The van der Waals surface area contributed by atoms with Gasteiger partial charge in [0.2, 0.25) is 0 Å². The Labute approximate surface area is 116 Å². The quantitative estimate of drug-likeness (QED) is 0.749. The molecule has 0 spiro atoms. The number of halogens is 2. The maximum atomic E-state index is 13.8. The average molecular weight is 319 g/mol. The first-order chi connectivity index (χ1) is 8.36. The fraction of sp³-hybridized carbons (Fsp3) is 0.538.